The molecule has 8 nitrogen and oxygen atoms in total. The maximum absolute atomic E-state index is 11.5. The zero-order valence-corrected chi connectivity index (χ0v) is 25.4. The van der Waals surface area contributed by atoms with E-state index in [2.05, 4.69) is 33.8 Å². The lowest BCUT2D eigenvalue weighted by Crippen LogP contribution is -2.60. The predicted octanol–water partition coefficient (Wildman–Crippen LogP) is 3.23. The molecule has 4 aliphatic carbocycles. The standard InChI is InChI=1S/C33H53NO7/c1-17-5-8-24(34-15-17)18(2)27-25(36)14-23-21-7-6-19-13-20(9-11-32(19,3)22(21)10-12-33(23,27)4)40-31-30(39)29(38)28(37)26(16-35)41-31/h6,17-18,20-23,25-31,35-39H,5,7-16H2,1-4H3/t17-,18+,20?,21+,22-,23-,25-,26+,27-,28+,29-,30+,31+,32-,33-/m0/s1. The molecule has 4 fully saturated rings. The van der Waals surface area contributed by atoms with Gasteiger partial charge in [-0.05, 0) is 104 Å². The van der Waals surface area contributed by atoms with Gasteiger partial charge >= 0.3 is 0 Å². The molecular formula is C33H53NO7. The lowest BCUT2D eigenvalue weighted by molar-refractivity contribution is -0.313. The van der Waals surface area contributed by atoms with E-state index in [4.69, 9.17) is 14.5 Å². The number of ether oxygens (including phenoxy) is 2. The van der Waals surface area contributed by atoms with Crippen LogP contribution in [0.1, 0.15) is 85.5 Å². The summed E-state index contributed by atoms with van der Waals surface area (Å²) < 4.78 is 11.8. The second-order valence-electron chi connectivity index (χ2n) is 15.1. The Morgan fingerprint density at radius 1 is 1.05 bits per heavy atom. The molecule has 0 aromatic carbocycles. The first kappa shape index (κ1) is 30.2. The summed E-state index contributed by atoms with van der Waals surface area (Å²) in [5.41, 5.74) is 3.00. The number of aliphatic hydroxyl groups excluding tert-OH is 5. The Bertz CT molecular complexity index is 1030. The van der Waals surface area contributed by atoms with Crippen LogP contribution in [-0.4, -0.2) is 87.3 Å². The molecule has 0 radical (unpaired) electrons. The van der Waals surface area contributed by atoms with E-state index in [0.29, 0.717) is 29.6 Å². The van der Waals surface area contributed by atoms with Gasteiger partial charge in [-0.3, -0.25) is 4.99 Å². The molecule has 2 aliphatic heterocycles. The van der Waals surface area contributed by atoms with Crippen molar-refractivity contribution in [2.24, 2.45) is 51.3 Å². The Hall–Kier alpha value is -0.870. The van der Waals surface area contributed by atoms with Crippen LogP contribution in [0.5, 0.6) is 0 Å². The zero-order valence-electron chi connectivity index (χ0n) is 25.4. The molecular weight excluding hydrogens is 522 g/mol. The normalized spacial score (nSPS) is 52.5. The number of nitrogens with zero attached hydrogens (tertiary/aromatic N) is 1. The van der Waals surface area contributed by atoms with Crippen molar-refractivity contribution in [2.45, 2.75) is 128 Å². The van der Waals surface area contributed by atoms with E-state index in [-0.39, 0.29) is 29.0 Å². The zero-order chi connectivity index (χ0) is 29.3. The van der Waals surface area contributed by atoms with E-state index in [1.54, 1.807) is 0 Å². The third kappa shape index (κ3) is 4.98. The summed E-state index contributed by atoms with van der Waals surface area (Å²) in [6.45, 7) is 10.0. The molecule has 0 amide bonds. The van der Waals surface area contributed by atoms with Gasteiger partial charge in [0.05, 0.1) is 18.8 Å². The molecule has 2 heterocycles. The van der Waals surface area contributed by atoms with Gasteiger partial charge in [0.2, 0.25) is 0 Å². The first-order valence-corrected chi connectivity index (χ1v) is 16.3. The lowest BCUT2D eigenvalue weighted by atomic mass is 9.47. The molecule has 6 aliphatic rings. The fraction of sp³-hybridized carbons (Fsp3) is 0.909. The average molecular weight is 576 g/mol. The van der Waals surface area contributed by atoms with E-state index in [0.717, 1.165) is 51.5 Å². The maximum atomic E-state index is 11.5. The SMILES string of the molecule is C[C@H]1CCC([C@@H](C)[C@H]2[C@@H](O)C[C@H]3[C@@H]4CC=C5CC(O[C@@H]6O[C@H](CO)[C@@H](O)[C@H](O)[C@H]6O)CC[C@]5(C)[C@H]4CC[C@]23C)=NC1. The Morgan fingerprint density at radius 3 is 2.54 bits per heavy atom. The minimum atomic E-state index is -1.42. The summed E-state index contributed by atoms with van der Waals surface area (Å²) in [5, 5.41) is 51.9. The van der Waals surface area contributed by atoms with Crippen LogP contribution in [0.2, 0.25) is 0 Å². The van der Waals surface area contributed by atoms with Gasteiger partial charge in [0.25, 0.3) is 0 Å². The molecule has 6 rings (SSSR count). The summed E-state index contributed by atoms with van der Waals surface area (Å²) in [6, 6.07) is 0. The van der Waals surface area contributed by atoms with Gasteiger partial charge in [0.1, 0.15) is 24.4 Å². The van der Waals surface area contributed by atoms with Crippen molar-refractivity contribution in [3.8, 4) is 0 Å². The highest BCUT2D eigenvalue weighted by Crippen LogP contribution is 2.67. The van der Waals surface area contributed by atoms with Gasteiger partial charge < -0.3 is 35.0 Å². The quantitative estimate of drug-likeness (QED) is 0.318. The van der Waals surface area contributed by atoms with Crippen molar-refractivity contribution in [3.05, 3.63) is 11.6 Å². The third-order valence-electron chi connectivity index (χ3n) is 12.9. The molecule has 0 spiro atoms. The number of aliphatic imine (C=N–C) groups is 1. The van der Waals surface area contributed by atoms with E-state index in [1.165, 1.54) is 24.1 Å². The molecule has 41 heavy (non-hydrogen) atoms. The van der Waals surface area contributed by atoms with E-state index < -0.39 is 37.3 Å². The highest BCUT2D eigenvalue weighted by atomic mass is 16.7. The van der Waals surface area contributed by atoms with Crippen LogP contribution >= 0.6 is 0 Å². The van der Waals surface area contributed by atoms with Crippen LogP contribution in [0.4, 0.5) is 0 Å². The van der Waals surface area contributed by atoms with Gasteiger partial charge in [0.15, 0.2) is 6.29 Å². The number of rotatable bonds is 5. The minimum Gasteiger partial charge on any atom is -0.394 e. The molecule has 232 valence electrons. The second kappa shape index (κ2) is 11.2. The topological polar surface area (TPSA) is 132 Å². The summed E-state index contributed by atoms with van der Waals surface area (Å²) in [6.07, 6.45) is 4.97. The van der Waals surface area contributed by atoms with Crippen LogP contribution in [0.15, 0.2) is 16.6 Å². The number of hydrogen-bond acceptors (Lipinski definition) is 8. The van der Waals surface area contributed by atoms with Crippen LogP contribution in [-0.2, 0) is 9.47 Å². The number of hydrogen-bond donors (Lipinski definition) is 5. The van der Waals surface area contributed by atoms with Crippen LogP contribution in [0.3, 0.4) is 0 Å². The van der Waals surface area contributed by atoms with Crippen LogP contribution < -0.4 is 0 Å². The Balaban J connectivity index is 1.16. The maximum Gasteiger partial charge on any atom is 0.186 e. The highest BCUT2D eigenvalue weighted by Gasteiger charge is 2.62. The molecule has 15 atom stereocenters. The number of allylic oxidation sites excluding steroid dienone is 1. The van der Waals surface area contributed by atoms with Gasteiger partial charge in [-0.25, -0.2) is 0 Å². The Labute approximate surface area is 245 Å². The monoisotopic (exact) mass is 575 g/mol. The fourth-order valence-corrected chi connectivity index (χ4v) is 10.5. The molecule has 1 unspecified atom stereocenters. The minimum absolute atomic E-state index is 0.0950. The van der Waals surface area contributed by atoms with Gasteiger partial charge in [-0.1, -0.05) is 39.3 Å². The van der Waals surface area contributed by atoms with E-state index in [1.807, 2.05) is 0 Å². The molecule has 8 heteroatoms. The number of aliphatic hydroxyl groups is 5. The van der Waals surface area contributed by atoms with Crippen molar-refractivity contribution in [3.63, 3.8) is 0 Å². The fourth-order valence-electron chi connectivity index (χ4n) is 10.5. The smallest absolute Gasteiger partial charge is 0.186 e. The summed E-state index contributed by atoms with van der Waals surface area (Å²) in [5.74, 6) is 2.96. The van der Waals surface area contributed by atoms with Crippen LogP contribution in [0.25, 0.3) is 0 Å². The number of fused-ring (bicyclic) bond motifs is 5. The Morgan fingerprint density at radius 2 is 1.83 bits per heavy atom. The van der Waals surface area contributed by atoms with E-state index >= 15 is 0 Å². The largest absolute Gasteiger partial charge is 0.394 e. The van der Waals surface area contributed by atoms with Gasteiger partial charge in [-0.15, -0.1) is 0 Å². The molecule has 0 aromatic rings. The van der Waals surface area contributed by atoms with Crippen LogP contribution in [0, 0.1) is 46.3 Å². The first-order chi connectivity index (χ1) is 19.5. The summed E-state index contributed by atoms with van der Waals surface area (Å²) >= 11 is 0. The molecule has 3 saturated carbocycles. The summed E-state index contributed by atoms with van der Waals surface area (Å²) in [4.78, 5) is 5.00. The molecule has 5 N–H and O–H groups in total. The second-order valence-corrected chi connectivity index (χ2v) is 15.1. The van der Waals surface area contributed by atoms with Crippen molar-refractivity contribution in [1.29, 1.82) is 0 Å². The molecule has 0 aromatic heterocycles. The summed E-state index contributed by atoms with van der Waals surface area (Å²) in [7, 11) is 0. The van der Waals surface area contributed by atoms with Crippen molar-refractivity contribution < 1.29 is 35.0 Å². The van der Waals surface area contributed by atoms with Crippen molar-refractivity contribution in [2.75, 3.05) is 13.2 Å². The predicted molar refractivity (Wildman–Crippen MR) is 155 cm³/mol. The average Bonchev–Trinajstić information content (AvgIpc) is 3.23. The molecule has 0 bridgehead atoms. The Kier molecular flexibility index (Phi) is 8.27. The van der Waals surface area contributed by atoms with Gasteiger partial charge in [0, 0.05) is 12.3 Å². The van der Waals surface area contributed by atoms with Crippen molar-refractivity contribution >= 4 is 5.71 Å². The first-order valence-electron chi connectivity index (χ1n) is 16.3. The van der Waals surface area contributed by atoms with Gasteiger partial charge in [-0.2, -0.15) is 0 Å². The third-order valence-corrected chi connectivity index (χ3v) is 12.9. The van der Waals surface area contributed by atoms with E-state index in [9.17, 15) is 25.5 Å². The highest BCUT2D eigenvalue weighted by molar-refractivity contribution is 5.87. The lowest BCUT2D eigenvalue weighted by Gasteiger charge is -2.58. The molecule has 1 saturated heterocycles. The van der Waals surface area contributed by atoms with Crippen molar-refractivity contribution in [1.82, 2.24) is 0 Å².